The summed E-state index contributed by atoms with van der Waals surface area (Å²) < 4.78 is 7.02. The minimum absolute atomic E-state index is 0.538. The average Bonchev–Trinajstić information content (AvgIpc) is 3.23. The SMILES string of the molecule is Clc1ccccc1-n1ncc2c(NCc3ccco3)ncnc21. The van der Waals surface area contributed by atoms with Crippen LogP contribution in [0.1, 0.15) is 5.76 Å². The molecule has 3 heterocycles. The number of nitrogens with one attached hydrogen (secondary N) is 1. The molecule has 0 unspecified atom stereocenters. The van der Waals surface area contributed by atoms with Gasteiger partial charge in [0.25, 0.3) is 0 Å². The van der Waals surface area contributed by atoms with Crippen molar-refractivity contribution in [2.24, 2.45) is 0 Å². The minimum atomic E-state index is 0.538. The van der Waals surface area contributed by atoms with Crippen LogP contribution in [0, 0.1) is 0 Å². The lowest BCUT2D eigenvalue weighted by molar-refractivity contribution is 0.518. The Kier molecular flexibility index (Phi) is 3.44. The molecule has 4 rings (SSSR count). The zero-order chi connectivity index (χ0) is 15.6. The first kappa shape index (κ1) is 13.8. The molecule has 1 aromatic carbocycles. The Morgan fingerprint density at radius 1 is 1.13 bits per heavy atom. The molecule has 0 spiro atoms. The molecule has 0 saturated carbocycles. The molecule has 1 N–H and O–H groups in total. The average molecular weight is 326 g/mol. The van der Waals surface area contributed by atoms with Crippen LogP contribution in [-0.2, 0) is 6.54 Å². The lowest BCUT2D eigenvalue weighted by atomic mass is 10.3. The number of furan rings is 1. The third kappa shape index (κ3) is 2.53. The summed E-state index contributed by atoms with van der Waals surface area (Å²) in [7, 11) is 0. The summed E-state index contributed by atoms with van der Waals surface area (Å²) in [6.45, 7) is 0.538. The summed E-state index contributed by atoms with van der Waals surface area (Å²) in [6.07, 6.45) is 4.87. The van der Waals surface area contributed by atoms with E-state index in [-0.39, 0.29) is 0 Å². The third-order valence-electron chi connectivity index (χ3n) is 3.46. The second-order valence-corrected chi connectivity index (χ2v) is 5.31. The van der Waals surface area contributed by atoms with Gasteiger partial charge in [-0.15, -0.1) is 0 Å². The van der Waals surface area contributed by atoms with Gasteiger partial charge >= 0.3 is 0 Å². The number of anilines is 1. The maximum absolute atomic E-state index is 6.25. The number of fused-ring (bicyclic) bond motifs is 1. The fraction of sp³-hybridized carbons (Fsp3) is 0.0625. The molecule has 3 aromatic heterocycles. The molecule has 114 valence electrons. The van der Waals surface area contributed by atoms with Crippen LogP contribution in [0.5, 0.6) is 0 Å². The quantitative estimate of drug-likeness (QED) is 0.620. The fourth-order valence-corrected chi connectivity index (χ4v) is 2.58. The van der Waals surface area contributed by atoms with Crippen LogP contribution < -0.4 is 5.32 Å². The van der Waals surface area contributed by atoms with Crippen LogP contribution in [-0.4, -0.2) is 19.7 Å². The van der Waals surface area contributed by atoms with Gasteiger partial charge in [0.2, 0.25) is 0 Å². The number of para-hydroxylation sites is 1. The summed E-state index contributed by atoms with van der Waals surface area (Å²) in [6, 6.07) is 11.3. The highest BCUT2D eigenvalue weighted by atomic mass is 35.5. The smallest absolute Gasteiger partial charge is 0.168 e. The summed E-state index contributed by atoms with van der Waals surface area (Å²) in [4.78, 5) is 8.62. The van der Waals surface area contributed by atoms with E-state index in [0.29, 0.717) is 23.0 Å². The normalized spacial score (nSPS) is 11.0. The van der Waals surface area contributed by atoms with Crippen molar-refractivity contribution in [1.29, 1.82) is 0 Å². The van der Waals surface area contributed by atoms with E-state index in [0.717, 1.165) is 16.8 Å². The highest BCUT2D eigenvalue weighted by molar-refractivity contribution is 6.32. The van der Waals surface area contributed by atoms with E-state index in [4.69, 9.17) is 16.0 Å². The highest BCUT2D eigenvalue weighted by Gasteiger charge is 2.12. The van der Waals surface area contributed by atoms with Gasteiger partial charge in [0.1, 0.15) is 17.9 Å². The largest absolute Gasteiger partial charge is 0.467 e. The van der Waals surface area contributed by atoms with Crippen LogP contribution in [0.15, 0.2) is 59.6 Å². The molecule has 0 bridgehead atoms. The molecular formula is C16H12ClN5O. The van der Waals surface area contributed by atoms with Crippen molar-refractivity contribution in [3.63, 3.8) is 0 Å². The van der Waals surface area contributed by atoms with E-state index in [1.807, 2.05) is 36.4 Å². The number of nitrogens with zero attached hydrogens (tertiary/aromatic N) is 4. The fourth-order valence-electron chi connectivity index (χ4n) is 2.37. The molecule has 0 radical (unpaired) electrons. The topological polar surface area (TPSA) is 68.8 Å². The molecule has 0 amide bonds. The molecule has 0 aliphatic rings. The van der Waals surface area contributed by atoms with E-state index in [9.17, 15) is 0 Å². The molecule has 7 heteroatoms. The molecule has 0 aliphatic carbocycles. The third-order valence-corrected chi connectivity index (χ3v) is 3.78. The van der Waals surface area contributed by atoms with E-state index in [1.165, 1.54) is 6.33 Å². The Morgan fingerprint density at radius 3 is 2.87 bits per heavy atom. The second-order valence-electron chi connectivity index (χ2n) is 4.90. The number of aromatic nitrogens is 4. The van der Waals surface area contributed by atoms with Crippen LogP contribution >= 0.6 is 11.6 Å². The van der Waals surface area contributed by atoms with Gasteiger partial charge in [0, 0.05) is 0 Å². The van der Waals surface area contributed by atoms with E-state index in [2.05, 4.69) is 20.4 Å². The van der Waals surface area contributed by atoms with Gasteiger partial charge < -0.3 is 9.73 Å². The first-order chi connectivity index (χ1) is 11.3. The highest BCUT2D eigenvalue weighted by Crippen LogP contribution is 2.25. The van der Waals surface area contributed by atoms with Crippen molar-refractivity contribution in [1.82, 2.24) is 19.7 Å². The Labute approximate surface area is 136 Å². The summed E-state index contributed by atoms with van der Waals surface area (Å²) in [5, 5.41) is 9.07. The zero-order valence-corrected chi connectivity index (χ0v) is 12.7. The van der Waals surface area contributed by atoms with E-state index < -0.39 is 0 Å². The maximum atomic E-state index is 6.25. The number of hydrogen-bond donors (Lipinski definition) is 1. The van der Waals surface area contributed by atoms with Crippen LogP contribution in [0.3, 0.4) is 0 Å². The first-order valence-corrected chi connectivity index (χ1v) is 7.40. The van der Waals surface area contributed by atoms with Gasteiger partial charge in [-0.1, -0.05) is 23.7 Å². The second kappa shape index (κ2) is 5.73. The lowest BCUT2D eigenvalue weighted by Gasteiger charge is -2.06. The predicted molar refractivity (Wildman–Crippen MR) is 87.7 cm³/mol. The number of halogens is 1. The maximum Gasteiger partial charge on any atom is 0.168 e. The summed E-state index contributed by atoms with van der Waals surface area (Å²) in [5.74, 6) is 1.53. The van der Waals surface area contributed by atoms with Gasteiger partial charge in [0.15, 0.2) is 5.65 Å². The van der Waals surface area contributed by atoms with Gasteiger partial charge in [-0.2, -0.15) is 5.10 Å². The standard InChI is InChI=1S/C16H12ClN5O/c17-13-5-1-2-6-14(13)22-16-12(9-21-22)15(19-10-20-16)18-8-11-4-3-7-23-11/h1-7,9-10H,8H2,(H,18,19,20). The minimum Gasteiger partial charge on any atom is -0.467 e. The first-order valence-electron chi connectivity index (χ1n) is 7.03. The van der Waals surface area contributed by atoms with Crippen molar-refractivity contribution >= 4 is 28.5 Å². The zero-order valence-electron chi connectivity index (χ0n) is 12.0. The Morgan fingerprint density at radius 2 is 2.04 bits per heavy atom. The Bertz CT molecular complexity index is 948. The molecule has 0 saturated heterocycles. The molecule has 0 fully saturated rings. The van der Waals surface area contributed by atoms with Crippen LogP contribution in [0.4, 0.5) is 5.82 Å². The van der Waals surface area contributed by atoms with Crippen LogP contribution in [0.2, 0.25) is 5.02 Å². The van der Waals surface area contributed by atoms with E-state index in [1.54, 1.807) is 17.1 Å². The van der Waals surface area contributed by atoms with Gasteiger partial charge in [-0.3, -0.25) is 0 Å². The van der Waals surface area contributed by atoms with Crippen molar-refractivity contribution < 1.29 is 4.42 Å². The predicted octanol–water partition coefficient (Wildman–Crippen LogP) is 3.67. The number of hydrogen-bond acceptors (Lipinski definition) is 5. The number of rotatable bonds is 4. The summed E-state index contributed by atoms with van der Waals surface area (Å²) >= 11 is 6.25. The molecule has 0 atom stereocenters. The Balaban J connectivity index is 1.73. The monoisotopic (exact) mass is 325 g/mol. The van der Waals surface area contributed by atoms with Crippen molar-refractivity contribution in [2.45, 2.75) is 6.54 Å². The van der Waals surface area contributed by atoms with Crippen LogP contribution in [0.25, 0.3) is 16.7 Å². The van der Waals surface area contributed by atoms with Crippen molar-refractivity contribution in [3.8, 4) is 5.69 Å². The molecule has 0 aliphatic heterocycles. The van der Waals surface area contributed by atoms with Gasteiger partial charge in [-0.05, 0) is 24.3 Å². The van der Waals surface area contributed by atoms with E-state index >= 15 is 0 Å². The number of benzene rings is 1. The molecule has 23 heavy (non-hydrogen) atoms. The summed E-state index contributed by atoms with van der Waals surface area (Å²) in [5.41, 5.74) is 1.47. The molecular weight excluding hydrogens is 314 g/mol. The molecule has 4 aromatic rings. The Hall–Kier alpha value is -2.86. The van der Waals surface area contributed by atoms with Crippen molar-refractivity contribution in [2.75, 3.05) is 5.32 Å². The van der Waals surface area contributed by atoms with Crippen molar-refractivity contribution in [3.05, 3.63) is 66.0 Å². The molecule has 6 nitrogen and oxygen atoms in total. The van der Waals surface area contributed by atoms with Gasteiger partial charge in [-0.25, -0.2) is 14.6 Å². The lowest BCUT2D eigenvalue weighted by Crippen LogP contribution is -2.02. The van der Waals surface area contributed by atoms with Gasteiger partial charge in [0.05, 0.1) is 35.1 Å².